The van der Waals surface area contributed by atoms with Gasteiger partial charge in [0.05, 0.1) is 13.4 Å². The summed E-state index contributed by atoms with van der Waals surface area (Å²) in [5.41, 5.74) is 0.315. The minimum Gasteiger partial charge on any atom is -0.467 e. The van der Waals surface area contributed by atoms with Gasteiger partial charge in [-0.3, -0.25) is 19.2 Å². The van der Waals surface area contributed by atoms with Crippen molar-refractivity contribution in [3.63, 3.8) is 0 Å². The molecule has 60 heavy (non-hydrogen) atoms. The van der Waals surface area contributed by atoms with Gasteiger partial charge >= 0.3 is 12.1 Å². The molecule has 2 aromatic carbocycles. The Morgan fingerprint density at radius 2 is 1.48 bits per heavy atom. The zero-order chi connectivity index (χ0) is 43.3. The first kappa shape index (κ1) is 45.4. The molecule has 1 aromatic heterocycles. The molecule has 0 unspecified atom stereocenters. The Morgan fingerprint density at radius 3 is 2.10 bits per heavy atom. The largest absolute Gasteiger partial charge is 0.467 e. The van der Waals surface area contributed by atoms with Crippen molar-refractivity contribution >= 4 is 35.7 Å². The molecule has 15 heteroatoms. The fourth-order valence-corrected chi connectivity index (χ4v) is 7.97. The number of piperidine rings is 1. The molecule has 4 atom stereocenters. The van der Waals surface area contributed by atoms with Gasteiger partial charge in [-0.2, -0.15) is 0 Å². The number of methoxy groups -OCH3 is 1. The third kappa shape index (κ3) is 12.6. The van der Waals surface area contributed by atoms with E-state index in [4.69, 9.17) is 9.47 Å². The summed E-state index contributed by atoms with van der Waals surface area (Å²) < 4.78 is 12.3. The number of carbonyl (C=O) groups is 6. The van der Waals surface area contributed by atoms with Crippen molar-refractivity contribution in [3.05, 3.63) is 90.0 Å². The van der Waals surface area contributed by atoms with Crippen molar-refractivity contribution < 1.29 is 38.2 Å². The van der Waals surface area contributed by atoms with E-state index in [1.807, 2.05) is 60.7 Å². The van der Waals surface area contributed by atoms with Gasteiger partial charge in [0.2, 0.25) is 23.6 Å². The molecule has 5 amide bonds. The van der Waals surface area contributed by atoms with E-state index < -0.39 is 71.0 Å². The lowest BCUT2D eigenvalue weighted by atomic mass is 9.80. The van der Waals surface area contributed by atoms with Gasteiger partial charge in [0.1, 0.15) is 35.3 Å². The summed E-state index contributed by atoms with van der Waals surface area (Å²) in [5, 5.41) is 11.7. The molecule has 4 N–H and O–H groups in total. The van der Waals surface area contributed by atoms with Gasteiger partial charge in [-0.25, -0.2) is 14.6 Å². The minimum absolute atomic E-state index is 0.111. The van der Waals surface area contributed by atoms with Crippen molar-refractivity contribution in [2.24, 2.45) is 7.05 Å². The summed E-state index contributed by atoms with van der Waals surface area (Å²) in [6.07, 6.45) is 7.99. The first-order valence-electron chi connectivity index (χ1n) is 21.0. The molecule has 0 radical (unpaired) electrons. The molecule has 1 aliphatic carbocycles. The van der Waals surface area contributed by atoms with Crippen LogP contribution >= 0.6 is 0 Å². The first-order chi connectivity index (χ1) is 28.7. The fourth-order valence-electron chi connectivity index (χ4n) is 7.97. The number of nitrogens with one attached hydrogen (secondary N) is 4. The maximum atomic E-state index is 14.7. The molecular formula is C45H61N7O8. The van der Waals surface area contributed by atoms with Gasteiger partial charge < -0.3 is 40.2 Å². The predicted molar refractivity (Wildman–Crippen MR) is 224 cm³/mol. The van der Waals surface area contributed by atoms with Gasteiger partial charge in [-0.1, -0.05) is 79.9 Å². The number of likely N-dealkylation sites (tertiary alicyclic amines) is 1. The molecule has 0 bridgehead atoms. The van der Waals surface area contributed by atoms with E-state index in [9.17, 15) is 28.8 Å². The molecule has 0 spiro atoms. The molecule has 1 saturated heterocycles. The third-order valence-corrected chi connectivity index (χ3v) is 11.2. The van der Waals surface area contributed by atoms with Crippen LogP contribution < -0.4 is 21.3 Å². The number of rotatable bonds is 16. The Morgan fingerprint density at radius 1 is 0.817 bits per heavy atom. The lowest BCUT2D eigenvalue weighted by molar-refractivity contribution is -0.147. The Bertz CT molecular complexity index is 1920. The second kappa shape index (κ2) is 21.0. The summed E-state index contributed by atoms with van der Waals surface area (Å²) in [6.45, 7) is 5.47. The molecule has 1 aliphatic heterocycles. The molecule has 15 nitrogen and oxygen atoms in total. The molecule has 2 fully saturated rings. The van der Waals surface area contributed by atoms with E-state index in [0.29, 0.717) is 57.1 Å². The molecule has 5 rings (SSSR count). The first-order valence-corrected chi connectivity index (χ1v) is 21.0. The van der Waals surface area contributed by atoms with E-state index in [0.717, 1.165) is 17.5 Å². The van der Waals surface area contributed by atoms with Crippen molar-refractivity contribution in [2.45, 2.75) is 133 Å². The SMILES string of the molecule is COC(=O)[C@H](Cc1ccccc1)NC(=O)[C@H](CCc1ccccc1)NC(=O)C1(NC(=O)[C@H]2CCCCN2C(=O)[C@H](Cc2cncn2C)NC(=O)OC(C)(C)C)CCCCC1. The van der Waals surface area contributed by atoms with E-state index in [-0.39, 0.29) is 25.8 Å². The van der Waals surface area contributed by atoms with Gasteiger partial charge in [-0.15, -0.1) is 0 Å². The van der Waals surface area contributed by atoms with Crippen LogP contribution in [-0.2, 0) is 59.8 Å². The second-order valence-corrected chi connectivity index (χ2v) is 16.9. The molecular weight excluding hydrogens is 767 g/mol. The number of amides is 5. The average molecular weight is 828 g/mol. The highest BCUT2D eigenvalue weighted by Gasteiger charge is 2.45. The van der Waals surface area contributed by atoms with Gasteiger partial charge in [0.25, 0.3) is 0 Å². The Labute approximate surface area is 352 Å². The van der Waals surface area contributed by atoms with Gasteiger partial charge in [0.15, 0.2) is 0 Å². The molecule has 1 saturated carbocycles. The number of benzene rings is 2. The molecule has 2 heterocycles. The van der Waals surface area contributed by atoms with Crippen molar-refractivity contribution in [1.29, 1.82) is 0 Å². The lowest BCUT2D eigenvalue weighted by Gasteiger charge is -2.42. The summed E-state index contributed by atoms with van der Waals surface area (Å²) in [5.74, 6) is -2.60. The van der Waals surface area contributed by atoms with Crippen LogP contribution in [0.2, 0.25) is 0 Å². The van der Waals surface area contributed by atoms with Crippen LogP contribution in [0.5, 0.6) is 0 Å². The van der Waals surface area contributed by atoms with Gasteiger partial charge in [-0.05, 0) is 76.8 Å². The summed E-state index contributed by atoms with van der Waals surface area (Å²) in [7, 11) is 3.05. The van der Waals surface area contributed by atoms with Crippen LogP contribution in [0.15, 0.2) is 73.2 Å². The van der Waals surface area contributed by atoms with Crippen LogP contribution in [0.4, 0.5) is 4.79 Å². The molecule has 3 aromatic rings. The highest BCUT2D eigenvalue weighted by Crippen LogP contribution is 2.30. The number of carbonyl (C=O) groups excluding carboxylic acids is 6. The van der Waals surface area contributed by atoms with Crippen molar-refractivity contribution in [3.8, 4) is 0 Å². The standard InChI is InChI=1S/C45H61N7O8/c1-44(2,3)60-43(58)49-35(28-33-29-46-30-51(33)4)40(55)52-26-16-13-21-37(52)39(54)50-45(24-14-8-15-25-45)42(57)48-34(23-22-31-17-9-6-10-18-31)38(53)47-36(41(56)59-5)27-32-19-11-7-12-20-32/h6-7,9-12,17-20,29-30,34-37H,8,13-16,21-28H2,1-5H3,(H,47,53)(H,48,57)(H,49,58)(H,50,54)/t34-,35-,36-,37+/m0/s1. The number of ether oxygens (including phenoxy) is 2. The van der Waals surface area contributed by atoms with E-state index in [1.54, 1.807) is 44.9 Å². The van der Waals surface area contributed by atoms with Crippen molar-refractivity contribution in [2.75, 3.05) is 13.7 Å². The van der Waals surface area contributed by atoms with Crippen LogP contribution in [0.3, 0.4) is 0 Å². The second-order valence-electron chi connectivity index (χ2n) is 16.9. The maximum absolute atomic E-state index is 14.7. The van der Waals surface area contributed by atoms with Crippen LogP contribution in [0, 0.1) is 0 Å². The smallest absolute Gasteiger partial charge is 0.408 e. The number of esters is 1. The number of hydrogen-bond acceptors (Lipinski definition) is 9. The van der Waals surface area contributed by atoms with E-state index >= 15 is 0 Å². The zero-order valence-corrected chi connectivity index (χ0v) is 35.5. The van der Waals surface area contributed by atoms with E-state index in [1.165, 1.54) is 12.0 Å². The summed E-state index contributed by atoms with van der Waals surface area (Å²) >= 11 is 0. The highest BCUT2D eigenvalue weighted by atomic mass is 16.6. The number of imidazole rings is 1. The fraction of sp³-hybridized carbons (Fsp3) is 0.533. The zero-order valence-electron chi connectivity index (χ0n) is 35.5. The van der Waals surface area contributed by atoms with Crippen LogP contribution in [0.1, 0.15) is 95.4 Å². The maximum Gasteiger partial charge on any atom is 0.408 e. The molecule has 2 aliphatic rings. The number of alkyl carbamates (subject to hydrolysis) is 1. The van der Waals surface area contributed by atoms with Crippen molar-refractivity contribution in [1.82, 2.24) is 35.7 Å². The quantitative estimate of drug-likeness (QED) is 0.154. The topological polar surface area (TPSA) is 190 Å². The molecule has 324 valence electrons. The van der Waals surface area contributed by atoms with Crippen LogP contribution in [-0.4, -0.2) is 99.1 Å². The van der Waals surface area contributed by atoms with Gasteiger partial charge in [0, 0.05) is 38.3 Å². The average Bonchev–Trinajstić information content (AvgIpc) is 3.64. The monoisotopic (exact) mass is 827 g/mol. The Hall–Kier alpha value is -5.73. The predicted octanol–water partition coefficient (Wildman–Crippen LogP) is 4.07. The van der Waals surface area contributed by atoms with E-state index in [2.05, 4.69) is 26.3 Å². The third-order valence-electron chi connectivity index (χ3n) is 11.2. The Kier molecular flexibility index (Phi) is 15.9. The highest BCUT2D eigenvalue weighted by molar-refractivity contribution is 5.98. The van der Waals surface area contributed by atoms with Crippen LogP contribution in [0.25, 0.3) is 0 Å². The normalized spacial score (nSPS) is 17.9. The Balaban J connectivity index is 1.37. The summed E-state index contributed by atoms with van der Waals surface area (Å²) in [6, 6.07) is 14.8. The lowest BCUT2D eigenvalue weighted by Crippen LogP contribution is -2.66. The number of nitrogens with zero attached hydrogens (tertiary/aromatic N) is 3. The number of hydrogen-bond donors (Lipinski definition) is 4. The minimum atomic E-state index is -1.36. The number of aryl methyl sites for hydroxylation is 2. The summed E-state index contributed by atoms with van der Waals surface area (Å²) in [4.78, 5) is 89.3. The number of aromatic nitrogens is 2.